The SMILES string of the molecule is COCC(=O)N1CCCN(C2CCOCC2)CCN(C(=O)c2ccc3nc(C(C)C)[nH]c3c2)Cc2ccccc21. The number of benzene rings is 2. The van der Waals surface area contributed by atoms with Gasteiger partial charge in [0.1, 0.15) is 12.4 Å². The number of aromatic amines is 1. The van der Waals surface area contributed by atoms with Gasteiger partial charge in [-0.1, -0.05) is 32.0 Å². The molecule has 1 fully saturated rings. The van der Waals surface area contributed by atoms with Gasteiger partial charge in [-0.25, -0.2) is 4.98 Å². The van der Waals surface area contributed by atoms with Crippen LogP contribution >= 0.6 is 0 Å². The molecule has 1 N–H and O–H groups in total. The van der Waals surface area contributed by atoms with Crippen LogP contribution in [0.25, 0.3) is 11.0 Å². The number of H-pyrrole nitrogens is 1. The van der Waals surface area contributed by atoms with E-state index >= 15 is 0 Å². The summed E-state index contributed by atoms with van der Waals surface area (Å²) in [4.78, 5) is 41.6. The number of amides is 2. The maximum Gasteiger partial charge on any atom is 0.254 e. The number of aromatic nitrogens is 2. The van der Waals surface area contributed by atoms with E-state index in [2.05, 4.69) is 28.7 Å². The Morgan fingerprint density at radius 3 is 2.65 bits per heavy atom. The summed E-state index contributed by atoms with van der Waals surface area (Å²) < 4.78 is 10.9. The Kier molecular flexibility index (Phi) is 9.14. The Hall–Kier alpha value is -3.27. The van der Waals surface area contributed by atoms with Gasteiger partial charge >= 0.3 is 0 Å². The summed E-state index contributed by atoms with van der Waals surface area (Å²) in [6, 6.07) is 14.0. The molecule has 3 aromatic rings. The smallest absolute Gasteiger partial charge is 0.254 e. The number of rotatable bonds is 5. The third kappa shape index (κ3) is 6.37. The lowest BCUT2D eigenvalue weighted by Gasteiger charge is -2.35. The predicted octanol–water partition coefficient (Wildman–Crippen LogP) is 4.19. The highest BCUT2D eigenvalue weighted by molar-refractivity contribution is 5.98. The largest absolute Gasteiger partial charge is 0.381 e. The third-order valence-corrected chi connectivity index (χ3v) is 7.99. The van der Waals surface area contributed by atoms with Crippen molar-refractivity contribution in [3.63, 3.8) is 0 Å². The first kappa shape index (κ1) is 28.3. The average molecular weight is 548 g/mol. The van der Waals surface area contributed by atoms with Gasteiger partial charge in [-0.15, -0.1) is 0 Å². The minimum atomic E-state index is -0.0738. The van der Waals surface area contributed by atoms with E-state index < -0.39 is 0 Å². The number of methoxy groups -OCH3 is 1. The van der Waals surface area contributed by atoms with E-state index in [9.17, 15) is 9.59 Å². The van der Waals surface area contributed by atoms with Gasteiger partial charge in [0, 0.05) is 76.3 Å². The highest BCUT2D eigenvalue weighted by atomic mass is 16.5. The van der Waals surface area contributed by atoms with E-state index in [1.807, 2.05) is 52.3 Å². The molecule has 214 valence electrons. The molecule has 0 spiro atoms. The van der Waals surface area contributed by atoms with Crippen LogP contribution in [0.1, 0.15) is 60.8 Å². The first-order valence-electron chi connectivity index (χ1n) is 14.4. The summed E-state index contributed by atoms with van der Waals surface area (Å²) in [5.41, 5.74) is 4.15. The van der Waals surface area contributed by atoms with Gasteiger partial charge in [0.25, 0.3) is 11.8 Å². The quantitative estimate of drug-likeness (QED) is 0.515. The molecule has 0 atom stereocenters. The molecule has 0 radical (unpaired) electrons. The van der Waals surface area contributed by atoms with Crippen molar-refractivity contribution < 1.29 is 19.1 Å². The summed E-state index contributed by atoms with van der Waals surface area (Å²) in [6.07, 6.45) is 2.80. The summed E-state index contributed by atoms with van der Waals surface area (Å²) in [5.74, 6) is 1.08. The highest BCUT2D eigenvalue weighted by Crippen LogP contribution is 2.26. The van der Waals surface area contributed by atoms with Crippen LogP contribution in [-0.2, 0) is 20.8 Å². The topological polar surface area (TPSA) is 91.0 Å². The van der Waals surface area contributed by atoms with Gasteiger partial charge in [0.05, 0.1) is 11.0 Å². The lowest BCUT2D eigenvalue weighted by molar-refractivity contribution is -0.122. The molecule has 2 aliphatic rings. The number of nitrogens with one attached hydrogen (secondary N) is 1. The Morgan fingerprint density at radius 2 is 1.88 bits per heavy atom. The van der Waals surface area contributed by atoms with Gasteiger partial charge in [-0.3, -0.25) is 14.5 Å². The molecule has 0 aliphatic carbocycles. The summed E-state index contributed by atoms with van der Waals surface area (Å²) in [7, 11) is 1.55. The number of imidazole rings is 1. The number of hydrogen-bond acceptors (Lipinski definition) is 6. The minimum Gasteiger partial charge on any atom is -0.381 e. The molecular formula is C31H41N5O4. The van der Waals surface area contributed by atoms with Crippen molar-refractivity contribution in [2.45, 2.75) is 51.6 Å². The summed E-state index contributed by atoms with van der Waals surface area (Å²) >= 11 is 0. The van der Waals surface area contributed by atoms with Crippen LogP contribution in [0.3, 0.4) is 0 Å². The molecule has 2 amide bonds. The van der Waals surface area contributed by atoms with E-state index in [1.54, 1.807) is 7.11 Å². The number of para-hydroxylation sites is 1. The number of carbonyl (C=O) groups excluding carboxylic acids is 2. The lowest BCUT2D eigenvalue weighted by atomic mass is 10.1. The number of hydrogen-bond donors (Lipinski definition) is 1. The van der Waals surface area contributed by atoms with E-state index in [0.717, 1.165) is 73.7 Å². The molecule has 9 nitrogen and oxygen atoms in total. The van der Waals surface area contributed by atoms with Crippen molar-refractivity contribution in [1.82, 2.24) is 19.8 Å². The highest BCUT2D eigenvalue weighted by Gasteiger charge is 2.27. The predicted molar refractivity (Wildman–Crippen MR) is 156 cm³/mol. The van der Waals surface area contributed by atoms with Crippen molar-refractivity contribution in [2.24, 2.45) is 0 Å². The molecule has 2 aromatic carbocycles. The van der Waals surface area contributed by atoms with Gasteiger partial charge in [0.2, 0.25) is 0 Å². The van der Waals surface area contributed by atoms with Crippen LogP contribution in [-0.4, -0.2) is 90.7 Å². The molecule has 5 rings (SSSR count). The van der Waals surface area contributed by atoms with Crippen molar-refractivity contribution in [3.8, 4) is 0 Å². The standard InChI is InChI=1S/C31H41N5O4/c1-22(2)30-32-26-10-9-23(19-27(26)33-30)31(38)35-16-15-34(25-11-17-40-18-12-25)13-6-14-36(29(37)21-39-3)28-8-5-4-7-24(28)20-35/h4-5,7-10,19,22,25H,6,11-18,20-21H2,1-3H3,(H,32,33). The summed E-state index contributed by atoms with van der Waals surface area (Å²) in [5, 5.41) is 0. The normalized spacial score (nSPS) is 18.1. The second-order valence-electron chi connectivity index (χ2n) is 11.1. The number of carbonyl (C=O) groups is 2. The van der Waals surface area contributed by atoms with Gasteiger partial charge in [0.15, 0.2) is 0 Å². The van der Waals surface area contributed by atoms with Gasteiger partial charge in [-0.2, -0.15) is 0 Å². The molecule has 0 bridgehead atoms. The van der Waals surface area contributed by atoms with Gasteiger partial charge < -0.3 is 24.3 Å². The average Bonchev–Trinajstić information content (AvgIpc) is 3.39. The van der Waals surface area contributed by atoms with Crippen LogP contribution in [0, 0.1) is 0 Å². The zero-order valence-corrected chi connectivity index (χ0v) is 23.9. The lowest BCUT2D eigenvalue weighted by Crippen LogP contribution is -2.45. The van der Waals surface area contributed by atoms with Gasteiger partial charge in [-0.05, 0) is 49.1 Å². The van der Waals surface area contributed by atoms with E-state index in [4.69, 9.17) is 9.47 Å². The molecular weight excluding hydrogens is 506 g/mol. The van der Waals surface area contributed by atoms with Crippen LogP contribution in [0.2, 0.25) is 0 Å². The van der Waals surface area contributed by atoms with Crippen molar-refractivity contribution in [2.75, 3.05) is 58.0 Å². The number of ether oxygens (including phenoxy) is 2. The first-order chi connectivity index (χ1) is 19.4. The maximum atomic E-state index is 14.1. The Labute approximate surface area is 236 Å². The first-order valence-corrected chi connectivity index (χ1v) is 14.4. The zero-order chi connectivity index (χ0) is 28.1. The van der Waals surface area contributed by atoms with Crippen LogP contribution in [0.15, 0.2) is 42.5 Å². The Bertz CT molecular complexity index is 1320. The Balaban J connectivity index is 1.49. The number of nitrogens with zero attached hydrogens (tertiary/aromatic N) is 4. The molecule has 9 heteroatoms. The zero-order valence-electron chi connectivity index (χ0n) is 23.9. The van der Waals surface area contributed by atoms with Crippen molar-refractivity contribution in [3.05, 3.63) is 59.4 Å². The van der Waals surface area contributed by atoms with Crippen LogP contribution in [0.5, 0.6) is 0 Å². The fourth-order valence-corrected chi connectivity index (χ4v) is 5.77. The van der Waals surface area contributed by atoms with E-state index in [1.165, 1.54) is 0 Å². The number of fused-ring (bicyclic) bond motifs is 2. The molecule has 3 heterocycles. The second-order valence-corrected chi connectivity index (χ2v) is 11.1. The van der Waals surface area contributed by atoms with E-state index in [-0.39, 0.29) is 24.3 Å². The molecule has 1 saturated heterocycles. The number of anilines is 1. The molecule has 0 saturated carbocycles. The van der Waals surface area contributed by atoms with E-state index in [0.29, 0.717) is 31.2 Å². The van der Waals surface area contributed by atoms with Crippen molar-refractivity contribution in [1.29, 1.82) is 0 Å². The monoisotopic (exact) mass is 547 g/mol. The third-order valence-electron chi connectivity index (χ3n) is 7.99. The summed E-state index contributed by atoms with van der Waals surface area (Å²) in [6.45, 7) is 8.96. The molecule has 0 unspecified atom stereocenters. The minimum absolute atomic E-state index is 0.0171. The fourth-order valence-electron chi connectivity index (χ4n) is 5.77. The van der Waals surface area contributed by atoms with Crippen LogP contribution < -0.4 is 4.90 Å². The molecule has 40 heavy (non-hydrogen) atoms. The Morgan fingerprint density at radius 1 is 1.07 bits per heavy atom. The molecule has 2 aliphatic heterocycles. The molecule has 1 aromatic heterocycles. The van der Waals surface area contributed by atoms with Crippen molar-refractivity contribution >= 4 is 28.5 Å². The van der Waals surface area contributed by atoms with Crippen LogP contribution in [0.4, 0.5) is 5.69 Å². The second kappa shape index (κ2) is 12.9. The maximum absolute atomic E-state index is 14.1. The fraction of sp³-hybridized carbons (Fsp3) is 0.516.